The van der Waals surface area contributed by atoms with Crippen molar-refractivity contribution in [2.45, 2.75) is 0 Å². The molecule has 0 fully saturated rings. The molecular formula is C13H7BrClFN2. The molecule has 0 spiro atoms. The Morgan fingerprint density at radius 3 is 2.67 bits per heavy atom. The molecule has 18 heavy (non-hydrogen) atoms. The molecule has 0 saturated heterocycles. The lowest BCUT2D eigenvalue weighted by Crippen LogP contribution is -1.93. The highest BCUT2D eigenvalue weighted by Crippen LogP contribution is 2.29. The maximum absolute atomic E-state index is 13.4. The molecular weight excluding hydrogens is 319 g/mol. The number of nitrogens with zero attached hydrogens (tertiary/aromatic N) is 1. The van der Waals surface area contributed by atoms with Crippen molar-refractivity contribution in [3.8, 4) is 6.07 Å². The molecule has 1 N–H and O–H groups in total. The van der Waals surface area contributed by atoms with Crippen molar-refractivity contribution in [3.63, 3.8) is 0 Å². The second-order valence-electron chi connectivity index (χ2n) is 3.56. The topological polar surface area (TPSA) is 35.8 Å². The molecule has 90 valence electrons. The van der Waals surface area contributed by atoms with Crippen molar-refractivity contribution >= 4 is 38.9 Å². The van der Waals surface area contributed by atoms with E-state index < -0.39 is 5.82 Å². The van der Waals surface area contributed by atoms with Crippen molar-refractivity contribution in [3.05, 3.63) is 57.3 Å². The summed E-state index contributed by atoms with van der Waals surface area (Å²) in [5.74, 6) is -0.561. The van der Waals surface area contributed by atoms with Crippen LogP contribution in [0.4, 0.5) is 15.8 Å². The van der Waals surface area contributed by atoms with Crippen LogP contribution in [-0.2, 0) is 0 Å². The summed E-state index contributed by atoms with van der Waals surface area (Å²) >= 11 is 9.35. The summed E-state index contributed by atoms with van der Waals surface area (Å²) in [6.45, 7) is 0. The number of hydrogen-bond donors (Lipinski definition) is 1. The molecule has 0 aromatic heterocycles. The van der Waals surface area contributed by atoms with E-state index in [4.69, 9.17) is 16.9 Å². The van der Waals surface area contributed by atoms with Gasteiger partial charge in [0.2, 0.25) is 0 Å². The first-order chi connectivity index (χ1) is 8.60. The van der Waals surface area contributed by atoms with E-state index in [9.17, 15) is 4.39 Å². The third kappa shape index (κ3) is 2.81. The zero-order chi connectivity index (χ0) is 13.1. The lowest BCUT2D eigenvalue weighted by molar-refractivity contribution is 0.624. The predicted octanol–water partition coefficient (Wildman–Crippen LogP) is 4.86. The van der Waals surface area contributed by atoms with Crippen LogP contribution in [0.1, 0.15) is 5.56 Å². The molecule has 0 aliphatic heterocycles. The summed E-state index contributed by atoms with van der Waals surface area (Å²) < 4.78 is 14.3. The van der Waals surface area contributed by atoms with Crippen LogP contribution in [0.5, 0.6) is 0 Å². The summed E-state index contributed by atoms with van der Waals surface area (Å²) in [6.07, 6.45) is 0. The Hall–Kier alpha value is -1.57. The Balaban J connectivity index is 2.32. The van der Waals surface area contributed by atoms with E-state index in [1.165, 1.54) is 12.1 Å². The van der Waals surface area contributed by atoms with Crippen molar-refractivity contribution in [1.29, 1.82) is 5.26 Å². The molecule has 0 aliphatic carbocycles. The molecule has 2 aromatic carbocycles. The quantitative estimate of drug-likeness (QED) is 0.856. The van der Waals surface area contributed by atoms with Crippen LogP contribution in [0.2, 0.25) is 5.02 Å². The van der Waals surface area contributed by atoms with Crippen LogP contribution in [-0.4, -0.2) is 0 Å². The molecule has 5 heteroatoms. The molecule has 0 aliphatic rings. The first-order valence-corrected chi connectivity index (χ1v) is 6.19. The van der Waals surface area contributed by atoms with E-state index in [-0.39, 0.29) is 5.56 Å². The van der Waals surface area contributed by atoms with Crippen LogP contribution < -0.4 is 5.32 Å². The summed E-state index contributed by atoms with van der Waals surface area (Å²) in [5.41, 5.74) is 1.21. The van der Waals surface area contributed by atoms with Gasteiger partial charge in [0.25, 0.3) is 0 Å². The Labute approximate surface area is 117 Å². The minimum absolute atomic E-state index is 0.0147. The fourth-order valence-electron chi connectivity index (χ4n) is 1.43. The first kappa shape index (κ1) is 12.9. The standard InChI is InChI=1S/C13H7BrClFN2/c14-9-2-4-11(15)13(5-9)18-10-3-1-8(7-17)12(16)6-10/h1-6,18H. The van der Waals surface area contributed by atoms with Gasteiger partial charge < -0.3 is 5.32 Å². The van der Waals surface area contributed by atoms with E-state index in [1.807, 2.05) is 6.07 Å². The fraction of sp³-hybridized carbons (Fsp3) is 0. The third-order valence-corrected chi connectivity index (χ3v) is 3.12. The first-order valence-electron chi connectivity index (χ1n) is 5.02. The second kappa shape index (κ2) is 5.38. The van der Waals surface area contributed by atoms with E-state index >= 15 is 0 Å². The van der Waals surface area contributed by atoms with Gasteiger partial charge in [-0.15, -0.1) is 0 Å². The molecule has 0 unspecified atom stereocenters. The van der Waals surface area contributed by atoms with Gasteiger partial charge in [0.1, 0.15) is 11.9 Å². The molecule has 0 amide bonds. The zero-order valence-electron chi connectivity index (χ0n) is 9.05. The summed E-state index contributed by atoms with van der Waals surface area (Å²) in [6, 6.07) is 11.4. The number of anilines is 2. The van der Waals surface area contributed by atoms with Gasteiger partial charge in [0, 0.05) is 10.2 Å². The number of benzene rings is 2. The van der Waals surface area contributed by atoms with E-state index in [0.29, 0.717) is 16.4 Å². The zero-order valence-corrected chi connectivity index (χ0v) is 11.4. The Bertz CT molecular complexity index is 637. The van der Waals surface area contributed by atoms with Gasteiger partial charge in [-0.3, -0.25) is 0 Å². The van der Waals surface area contributed by atoms with Crippen LogP contribution >= 0.6 is 27.5 Å². The number of hydrogen-bond acceptors (Lipinski definition) is 2. The Morgan fingerprint density at radius 2 is 2.00 bits per heavy atom. The van der Waals surface area contributed by atoms with Gasteiger partial charge in [-0.25, -0.2) is 4.39 Å². The second-order valence-corrected chi connectivity index (χ2v) is 4.88. The number of nitrogens with one attached hydrogen (secondary N) is 1. The largest absolute Gasteiger partial charge is 0.354 e. The van der Waals surface area contributed by atoms with Crippen molar-refractivity contribution in [1.82, 2.24) is 0 Å². The highest BCUT2D eigenvalue weighted by molar-refractivity contribution is 9.10. The molecule has 0 heterocycles. The third-order valence-electron chi connectivity index (χ3n) is 2.30. The monoisotopic (exact) mass is 324 g/mol. The lowest BCUT2D eigenvalue weighted by Gasteiger charge is -2.09. The maximum Gasteiger partial charge on any atom is 0.143 e. The minimum atomic E-state index is -0.561. The smallest absolute Gasteiger partial charge is 0.143 e. The molecule has 2 aromatic rings. The fourth-order valence-corrected chi connectivity index (χ4v) is 1.96. The van der Waals surface area contributed by atoms with Gasteiger partial charge in [-0.05, 0) is 36.4 Å². The maximum atomic E-state index is 13.4. The summed E-state index contributed by atoms with van der Waals surface area (Å²) in [7, 11) is 0. The predicted molar refractivity (Wildman–Crippen MR) is 73.5 cm³/mol. The normalized spacial score (nSPS) is 9.89. The van der Waals surface area contributed by atoms with E-state index in [0.717, 1.165) is 4.47 Å². The molecule has 2 rings (SSSR count). The van der Waals surface area contributed by atoms with E-state index in [1.54, 1.807) is 24.3 Å². The van der Waals surface area contributed by atoms with Gasteiger partial charge in [-0.1, -0.05) is 27.5 Å². The Morgan fingerprint density at radius 1 is 1.22 bits per heavy atom. The average Bonchev–Trinajstić information content (AvgIpc) is 2.34. The number of nitriles is 1. The SMILES string of the molecule is N#Cc1ccc(Nc2cc(Br)ccc2Cl)cc1F. The molecule has 0 bridgehead atoms. The van der Waals surface area contributed by atoms with Crippen LogP contribution in [0.15, 0.2) is 40.9 Å². The van der Waals surface area contributed by atoms with Crippen LogP contribution in [0.25, 0.3) is 0 Å². The van der Waals surface area contributed by atoms with Gasteiger partial charge in [-0.2, -0.15) is 5.26 Å². The van der Waals surface area contributed by atoms with Crippen molar-refractivity contribution in [2.24, 2.45) is 0 Å². The van der Waals surface area contributed by atoms with Crippen molar-refractivity contribution in [2.75, 3.05) is 5.32 Å². The highest BCUT2D eigenvalue weighted by atomic mass is 79.9. The average molecular weight is 326 g/mol. The molecule has 2 nitrogen and oxygen atoms in total. The Kier molecular flexibility index (Phi) is 3.85. The van der Waals surface area contributed by atoms with Gasteiger partial charge in [0.15, 0.2) is 0 Å². The number of halogens is 3. The van der Waals surface area contributed by atoms with E-state index in [2.05, 4.69) is 21.2 Å². The van der Waals surface area contributed by atoms with Gasteiger partial charge in [0.05, 0.1) is 16.3 Å². The van der Waals surface area contributed by atoms with Crippen molar-refractivity contribution < 1.29 is 4.39 Å². The van der Waals surface area contributed by atoms with Crippen LogP contribution in [0.3, 0.4) is 0 Å². The molecule has 0 saturated carbocycles. The van der Waals surface area contributed by atoms with Gasteiger partial charge >= 0.3 is 0 Å². The molecule has 0 atom stereocenters. The summed E-state index contributed by atoms with van der Waals surface area (Å²) in [5, 5.41) is 12.2. The molecule has 0 radical (unpaired) electrons. The summed E-state index contributed by atoms with van der Waals surface area (Å²) in [4.78, 5) is 0. The number of rotatable bonds is 2. The lowest BCUT2D eigenvalue weighted by atomic mass is 10.2. The van der Waals surface area contributed by atoms with Crippen LogP contribution in [0, 0.1) is 17.1 Å². The highest BCUT2D eigenvalue weighted by Gasteiger charge is 2.05. The minimum Gasteiger partial charge on any atom is -0.354 e.